The molecule has 1 heterocycles. The van der Waals surface area contributed by atoms with Gasteiger partial charge in [0.15, 0.2) is 18.1 Å². The Kier molecular flexibility index (Phi) is 4.73. The number of carbonyl (C=O) groups excluding carboxylic acids is 2. The zero-order chi connectivity index (χ0) is 20.7. The number of hydrogen-bond acceptors (Lipinski definition) is 7. The van der Waals surface area contributed by atoms with Crippen molar-refractivity contribution in [2.45, 2.75) is 6.42 Å². The highest BCUT2D eigenvalue weighted by molar-refractivity contribution is 6.06. The number of imide groups is 1. The van der Waals surface area contributed by atoms with Crippen molar-refractivity contribution in [3.05, 3.63) is 29.8 Å². The maximum atomic E-state index is 12.7. The van der Waals surface area contributed by atoms with Gasteiger partial charge in [0.2, 0.25) is 5.75 Å². The minimum absolute atomic E-state index is 0.118. The molecule has 0 unspecified atom stereocenters. The van der Waals surface area contributed by atoms with Crippen LogP contribution in [0.5, 0.6) is 17.2 Å². The summed E-state index contributed by atoms with van der Waals surface area (Å²) in [6.07, 6.45) is 6.28. The van der Waals surface area contributed by atoms with Crippen LogP contribution in [0.15, 0.2) is 29.4 Å². The number of benzene rings is 1. The van der Waals surface area contributed by atoms with Crippen LogP contribution in [-0.2, 0) is 14.4 Å². The Balaban J connectivity index is 1.58. The second-order valence-electron chi connectivity index (χ2n) is 7.17. The number of nitrogens with zero attached hydrogens (tertiary/aromatic N) is 2. The molecule has 2 bridgehead atoms. The normalized spacial score (nSPS) is 27.0. The maximum Gasteiger partial charge on any atom is 0.341 e. The summed E-state index contributed by atoms with van der Waals surface area (Å²) >= 11 is 0. The van der Waals surface area contributed by atoms with E-state index in [2.05, 4.69) is 5.10 Å². The summed E-state index contributed by atoms with van der Waals surface area (Å²) < 4.78 is 15.8. The lowest BCUT2D eigenvalue weighted by Gasteiger charge is -2.14. The predicted molar refractivity (Wildman–Crippen MR) is 99.8 cm³/mol. The van der Waals surface area contributed by atoms with Crippen LogP contribution in [0.2, 0.25) is 0 Å². The molecule has 1 aromatic rings. The van der Waals surface area contributed by atoms with Crippen LogP contribution in [0, 0.1) is 23.7 Å². The second-order valence-corrected chi connectivity index (χ2v) is 7.17. The number of rotatable bonds is 7. The molecule has 9 heteroatoms. The average Bonchev–Trinajstić information content (AvgIpc) is 3.38. The fourth-order valence-electron chi connectivity index (χ4n) is 4.38. The van der Waals surface area contributed by atoms with Gasteiger partial charge in [0.1, 0.15) is 0 Å². The van der Waals surface area contributed by atoms with E-state index in [9.17, 15) is 14.4 Å². The van der Waals surface area contributed by atoms with Gasteiger partial charge in [-0.3, -0.25) is 9.59 Å². The highest BCUT2D eigenvalue weighted by atomic mass is 16.5. The van der Waals surface area contributed by atoms with Crippen LogP contribution >= 0.6 is 0 Å². The van der Waals surface area contributed by atoms with Gasteiger partial charge in [0.05, 0.1) is 32.3 Å². The number of hydrogen-bond donors (Lipinski definition) is 1. The smallest absolute Gasteiger partial charge is 0.341 e. The van der Waals surface area contributed by atoms with Crippen LogP contribution in [0.3, 0.4) is 0 Å². The van der Waals surface area contributed by atoms with E-state index in [0.29, 0.717) is 5.56 Å². The Labute approximate surface area is 166 Å². The zero-order valence-electron chi connectivity index (χ0n) is 15.9. The summed E-state index contributed by atoms with van der Waals surface area (Å²) in [6, 6.07) is 3.11. The maximum absolute atomic E-state index is 12.7. The van der Waals surface area contributed by atoms with Gasteiger partial charge in [-0.2, -0.15) is 10.1 Å². The molecule has 29 heavy (non-hydrogen) atoms. The van der Waals surface area contributed by atoms with Crippen molar-refractivity contribution in [1.82, 2.24) is 5.01 Å². The average molecular weight is 400 g/mol. The number of ether oxygens (including phenoxy) is 3. The molecule has 0 aromatic heterocycles. The quantitative estimate of drug-likeness (QED) is 0.417. The number of amides is 2. The van der Waals surface area contributed by atoms with E-state index < -0.39 is 12.6 Å². The third-order valence-corrected chi connectivity index (χ3v) is 5.59. The zero-order valence-corrected chi connectivity index (χ0v) is 15.9. The summed E-state index contributed by atoms with van der Waals surface area (Å²) in [5.74, 6) is -1.45. The number of fused-ring (bicyclic) bond motifs is 5. The first kappa shape index (κ1) is 19.0. The lowest BCUT2D eigenvalue weighted by Crippen LogP contribution is -2.28. The number of carbonyl (C=O) groups is 3. The minimum Gasteiger partial charge on any atom is -0.493 e. The molecule has 1 N–H and O–H groups in total. The number of allylic oxidation sites excluding steroid dienone is 2. The van der Waals surface area contributed by atoms with E-state index in [4.69, 9.17) is 19.3 Å². The van der Waals surface area contributed by atoms with Crippen molar-refractivity contribution in [2.24, 2.45) is 28.8 Å². The van der Waals surface area contributed by atoms with Crippen molar-refractivity contribution in [3.63, 3.8) is 0 Å². The first-order valence-corrected chi connectivity index (χ1v) is 9.15. The van der Waals surface area contributed by atoms with Crippen LogP contribution in [0.25, 0.3) is 0 Å². The van der Waals surface area contributed by atoms with E-state index in [1.807, 2.05) is 12.2 Å². The summed E-state index contributed by atoms with van der Waals surface area (Å²) in [7, 11) is 2.81. The topological polar surface area (TPSA) is 115 Å². The Bertz CT molecular complexity index is 884. The Hall–Kier alpha value is -3.36. The van der Waals surface area contributed by atoms with Gasteiger partial charge in [-0.25, -0.2) is 4.79 Å². The van der Waals surface area contributed by atoms with Gasteiger partial charge < -0.3 is 19.3 Å². The molecule has 1 saturated heterocycles. The SMILES string of the molecule is COc1cc(C=NN2C(=O)[C@@H]3[C@H](C2=O)[C@H]2C=C[C@H]3C2)cc(OC)c1OCC(=O)O. The third-order valence-electron chi connectivity index (χ3n) is 5.59. The molecule has 4 rings (SSSR count). The summed E-state index contributed by atoms with van der Waals surface area (Å²) in [5, 5.41) is 13.9. The van der Waals surface area contributed by atoms with Gasteiger partial charge >= 0.3 is 5.97 Å². The molecular formula is C20H20N2O7. The first-order valence-electron chi connectivity index (χ1n) is 9.15. The Morgan fingerprint density at radius 2 is 1.69 bits per heavy atom. The molecule has 3 aliphatic rings. The van der Waals surface area contributed by atoms with E-state index >= 15 is 0 Å². The fraction of sp³-hybridized carbons (Fsp3) is 0.400. The number of hydrazone groups is 1. The van der Waals surface area contributed by atoms with Crippen LogP contribution < -0.4 is 14.2 Å². The lowest BCUT2D eigenvalue weighted by molar-refractivity contribution is -0.141. The highest BCUT2D eigenvalue weighted by Gasteiger charge is 2.59. The van der Waals surface area contributed by atoms with E-state index in [-0.39, 0.29) is 52.7 Å². The molecule has 9 nitrogen and oxygen atoms in total. The summed E-state index contributed by atoms with van der Waals surface area (Å²) in [5.41, 5.74) is 0.500. The number of aliphatic carboxylic acids is 1. The molecule has 4 atom stereocenters. The van der Waals surface area contributed by atoms with Crippen molar-refractivity contribution in [3.8, 4) is 17.2 Å². The fourth-order valence-corrected chi connectivity index (χ4v) is 4.38. The summed E-state index contributed by atoms with van der Waals surface area (Å²) in [6.45, 7) is -0.559. The molecule has 1 aromatic carbocycles. The number of carboxylic acids is 1. The number of carboxylic acid groups (broad SMARTS) is 1. The van der Waals surface area contributed by atoms with Crippen LogP contribution in [0.1, 0.15) is 12.0 Å². The number of methoxy groups -OCH3 is 2. The molecule has 152 valence electrons. The molecule has 0 spiro atoms. The second kappa shape index (κ2) is 7.23. The molecule has 0 radical (unpaired) electrons. The van der Waals surface area contributed by atoms with Crippen molar-refractivity contribution < 1.29 is 33.7 Å². The highest BCUT2D eigenvalue weighted by Crippen LogP contribution is 2.52. The van der Waals surface area contributed by atoms with E-state index in [1.54, 1.807) is 12.1 Å². The Morgan fingerprint density at radius 3 is 2.17 bits per heavy atom. The molecule has 2 aliphatic carbocycles. The van der Waals surface area contributed by atoms with Gasteiger partial charge in [-0.1, -0.05) is 12.2 Å². The Morgan fingerprint density at radius 1 is 1.14 bits per heavy atom. The van der Waals surface area contributed by atoms with Gasteiger partial charge in [-0.05, 0) is 30.4 Å². The van der Waals surface area contributed by atoms with Gasteiger partial charge in [-0.15, -0.1) is 0 Å². The predicted octanol–water partition coefficient (Wildman–Crippen LogP) is 1.31. The van der Waals surface area contributed by atoms with Gasteiger partial charge in [0, 0.05) is 5.56 Å². The van der Waals surface area contributed by atoms with Crippen LogP contribution in [0.4, 0.5) is 0 Å². The van der Waals surface area contributed by atoms with E-state index in [1.165, 1.54) is 20.4 Å². The summed E-state index contributed by atoms with van der Waals surface area (Å²) in [4.78, 5) is 36.2. The minimum atomic E-state index is -1.14. The van der Waals surface area contributed by atoms with Crippen molar-refractivity contribution >= 4 is 24.0 Å². The largest absolute Gasteiger partial charge is 0.493 e. The monoisotopic (exact) mass is 400 g/mol. The molecular weight excluding hydrogens is 380 g/mol. The first-order chi connectivity index (χ1) is 13.9. The molecule has 1 saturated carbocycles. The standard InChI is InChI=1S/C20H20N2O7/c1-27-13-5-10(6-14(28-2)18(13)29-9-15(23)24)8-21-22-19(25)16-11-3-4-12(7-11)17(16)20(22)26/h3-6,8,11-12,16-17H,7,9H2,1-2H3,(H,23,24)/t11-,12-,16-,17+/m0/s1. The molecule has 2 amide bonds. The van der Waals surface area contributed by atoms with Crippen molar-refractivity contribution in [1.29, 1.82) is 0 Å². The van der Waals surface area contributed by atoms with E-state index in [0.717, 1.165) is 11.4 Å². The lowest BCUT2D eigenvalue weighted by atomic mass is 9.85. The molecule has 2 fully saturated rings. The van der Waals surface area contributed by atoms with Crippen LogP contribution in [-0.4, -0.2) is 54.9 Å². The van der Waals surface area contributed by atoms with Gasteiger partial charge in [0.25, 0.3) is 11.8 Å². The molecule has 1 aliphatic heterocycles. The van der Waals surface area contributed by atoms with Crippen molar-refractivity contribution in [2.75, 3.05) is 20.8 Å². The third kappa shape index (κ3) is 3.12.